The first-order valence-corrected chi connectivity index (χ1v) is 17.6. The molecule has 1 amide bonds. The Morgan fingerprint density at radius 2 is 1.61 bits per heavy atom. The van der Waals surface area contributed by atoms with Gasteiger partial charge in [-0.2, -0.15) is 16.8 Å². The van der Waals surface area contributed by atoms with Crippen molar-refractivity contribution in [1.82, 2.24) is 4.90 Å². The summed E-state index contributed by atoms with van der Waals surface area (Å²) < 4.78 is 78.0. The van der Waals surface area contributed by atoms with Gasteiger partial charge < -0.3 is 14.6 Å². The van der Waals surface area contributed by atoms with Crippen molar-refractivity contribution in [2.45, 2.75) is 50.3 Å². The topological polar surface area (TPSA) is 184 Å². The van der Waals surface area contributed by atoms with Gasteiger partial charge in [0.05, 0.1) is 11.0 Å². The van der Waals surface area contributed by atoms with E-state index in [9.17, 15) is 35.5 Å². The molecule has 12 nitrogen and oxygen atoms in total. The molecule has 14 heteroatoms. The summed E-state index contributed by atoms with van der Waals surface area (Å²) in [5.41, 5.74) is 0.470. The van der Waals surface area contributed by atoms with E-state index in [1.165, 1.54) is 23.1 Å². The Labute approximate surface area is 268 Å². The van der Waals surface area contributed by atoms with Crippen LogP contribution in [0.4, 0.5) is 5.69 Å². The maximum Gasteiger partial charge on any atom is 0.300 e. The van der Waals surface area contributed by atoms with Gasteiger partial charge in [-0.1, -0.05) is 32.0 Å². The van der Waals surface area contributed by atoms with E-state index < -0.39 is 47.3 Å². The molecule has 0 saturated carbocycles. The zero-order valence-electron chi connectivity index (χ0n) is 26.2. The van der Waals surface area contributed by atoms with E-state index >= 15 is 0 Å². The van der Waals surface area contributed by atoms with E-state index in [1.807, 2.05) is 13.8 Å². The first kappa shape index (κ1) is 34.8. The fourth-order valence-electron chi connectivity index (χ4n) is 5.35. The summed E-state index contributed by atoms with van der Waals surface area (Å²) in [5.74, 6) is -0.851. The van der Waals surface area contributed by atoms with Gasteiger partial charge in [0.25, 0.3) is 26.1 Å². The Hall–Kier alpha value is -4.11. The van der Waals surface area contributed by atoms with Crippen molar-refractivity contribution in [2.75, 3.05) is 32.0 Å². The first-order chi connectivity index (χ1) is 21.6. The van der Waals surface area contributed by atoms with Crippen molar-refractivity contribution < 1.29 is 39.9 Å². The van der Waals surface area contributed by atoms with E-state index in [0.717, 1.165) is 0 Å². The molecule has 3 N–H and O–H groups in total. The minimum absolute atomic E-state index is 0.00519. The number of rotatable bonds is 12. The number of anilines is 1. The standard InChI is InChI=1S/C32H37N3O9S2/c1-6-33-24-16-14-22-27(20-11-8-9-12-21(20)32(37)35(5)18-10-13-26(36)19(3)4)23-15-17-25(34-7-2)31(46(41,42)43)29(23)44-28(22)30(24)45(38,39)40/h8-9,11-12,14-17,19,33H,6-7,10,13,18H2,1-5H3,(H,38,39,40)(H,41,42,43)/b34-25+. The van der Waals surface area contributed by atoms with Crippen LogP contribution < -0.4 is 10.7 Å². The molecule has 0 radical (unpaired) electrons. The highest BCUT2D eigenvalue weighted by atomic mass is 32.2. The number of carbonyl (C=O) groups is 2. The molecule has 1 aliphatic heterocycles. The molecule has 2 aromatic rings. The molecule has 246 valence electrons. The van der Waals surface area contributed by atoms with Crippen LogP contribution in [-0.4, -0.2) is 69.2 Å². The van der Waals surface area contributed by atoms with Crippen LogP contribution in [0, 0.1) is 5.92 Å². The summed E-state index contributed by atoms with van der Waals surface area (Å²) in [7, 11) is -8.38. The highest BCUT2D eigenvalue weighted by molar-refractivity contribution is 7.86. The molecular weight excluding hydrogens is 634 g/mol. The SMILES string of the molecule is CC/N=c1\ccc2c(-c3ccccc3C(=O)N(C)CCCC(=O)C(C)C)c3ccc(NCC)c(S(=O)(=O)O)c3oc-2c1S(=O)(=O)O. The number of nitrogens with one attached hydrogen (secondary N) is 1. The van der Waals surface area contributed by atoms with Crippen molar-refractivity contribution in [3.8, 4) is 22.5 Å². The molecule has 0 unspecified atom stereocenters. The zero-order valence-corrected chi connectivity index (χ0v) is 27.8. The number of hydrogen-bond donors (Lipinski definition) is 3. The predicted octanol–water partition coefficient (Wildman–Crippen LogP) is 5.13. The van der Waals surface area contributed by atoms with Crippen molar-refractivity contribution in [2.24, 2.45) is 10.9 Å². The van der Waals surface area contributed by atoms with Crippen LogP contribution in [-0.2, 0) is 25.0 Å². The summed E-state index contributed by atoms with van der Waals surface area (Å²) in [4.78, 5) is 30.3. The molecule has 0 aromatic heterocycles. The Morgan fingerprint density at radius 3 is 2.22 bits per heavy atom. The number of Topliss-reactive ketones (excluding diaryl/α,β-unsaturated/α-hetero) is 1. The Kier molecular flexibility index (Phi) is 10.4. The van der Waals surface area contributed by atoms with E-state index in [1.54, 1.807) is 51.2 Å². The van der Waals surface area contributed by atoms with Gasteiger partial charge in [-0.3, -0.25) is 23.7 Å². The van der Waals surface area contributed by atoms with Crippen molar-refractivity contribution >= 4 is 48.6 Å². The molecule has 0 saturated heterocycles. The molecule has 0 atom stereocenters. The largest absolute Gasteiger partial charge is 0.453 e. The lowest BCUT2D eigenvalue weighted by Crippen LogP contribution is -2.28. The van der Waals surface area contributed by atoms with E-state index in [-0.39, 0.29) is 64.5 Å². The van der Waals surface area contributed by atoms with Crippen molar-refractivity contribution in [3.05, 3.63) is 59.5 Å². The quantitative estimate of drug-likeness (QED) is 0.135. The van der Waals surface area contributed by atoms with Gasteiger partial charge in [0.2, 0.25) is 0 Å². The summed E-state index contributed by atoms with van der Waals surface area (Å²) in [6.45, 7) is 7.72. The van der Waals surface area contributed by atoms with Crippen LogP contribution in [0.5, 0.6) is 0 Å². The van der Waals surface area contributed by atoms with Gasteiger partial charge in [0, 0.05) is 61.1 Å². The van der Waals surface area contributed by atoms with Gasteiger partial charge in [0.15, 0.2) is 21.1 Å². The number of hydrogen-bond acceptors (Lipinski definition) is 9. The fraction of sp³-hybridized carbons (Fsp3) is 0.344. The number of benzene rings is 3. The van der Waals surface area contributed by atoms with Crippen LogP contribution in [0.1, 0.15) is 50.9 Å². The molecule has 0 fully saturated rings. The molecule has 2 aromatic carbocycles. The monoisotopic (exact) mass is 671 g/mol. The van der Waals surface area contributed by atoms with Gasteiger partial charge in [-0.05, 0) is 56.2 Å². The average molecular weight is 672 g/mol. The molecular formula is C32H37N3O9S2. The Bertz CT molecular complexity index is 2070. The van der Waals surface area contributed by atoms with Gasteiger partial charge >= 0.3 is 0 Å². The third kappa shape index (κ3) is 6.99. The number of carbonyl (C=O) groups excluding carboxylic acids is 2. The van der Waals surface area contributed by atoms with Gasteiger partial charge in [0.1, 0.15) is 5.78 Å². The maximum atomic E-state index is 13.9. The maximum absolute atomic E-state index is 13.9. The second-order valence-electron chi connectivity index (χ2n) is 11.0. The number of nitrogens with zero attached hydrogens (tertiary/aromatic N) is 2. The van der Waals surface area contributed by atoms with Crippen molar-refractivity contribution in [3.63, 3.8) is 0 Å². The van der Waals surface area contributed by atoms with E-state index in [4.69, 9.17) is 4.42 Å². The molecule has 1 heterocycles. The van der Waals surface area contributed by atoms with E-state index in [0.29, 0.717) is 18.4 Å². The molecule has 4 rings (SSSR count). The summed E-state index contributed by atoms with van der Waals surface area (Å²) >= 11 is 0. The molecule has 0 spiro atoms. The number of amides is 1. The summed E-state index contributed by atoms with van der Waals surface area (Å²) in [5, 5.41) is 2.89. The lowest BCUT2D eigenvalue weighted by molar-refractivity contribution is -0.122. The molecule has 0 bridgehead atoms. The smallest absolute Gasteiger partial charge is 0.300 e. The van der Waals surface area contributed by atoms with Crippen LogP contribution in [0.15, 0.2) is 67.7 Å². The molecule has 46 heavy (non-hydrogen) atoms. The first-order valence-electron chi connectivity index (χ1n) is 14.7. The molecule has 2 aliphatic rings. The highest BCUT2D eigenvalue weighted by Crippen LogP contribution is 2.46. The van der Waals surface area contributed by atoms with Gasteiger partial charge in [-0.25, -0.2) is 0 Å². The minimum Gasteiger partial charge on any atom is -0.453 e. The fourth-order valence-corrected chi connectivity index (χ4v) is 6.94. The average Bonchev–Trinajstić information content (AvgIpc) is 2.98. The third-order valence-corrected chi connectivity index (χ3v) is 9.32. The Morgan fingerprint density at radius 1 is 0.935 bits per heavy atom. The number of fused-ring (bicyclic) bond motifs is 2. The van der Waals surface area contributed by atoms with Crippen LogP contribution >= 0.6 is 0 Å². The summed E-state index contributed by atoms with van der Waals surface area (Å²) in [6, 6.07) is 12.4. The van der Waals surface area contributed by atoms with Crippen LogP contribution in [0.2, 0.25) is 0 Å². The van der Waals surface area contributed by atoms with Crippen LogP contribution in [0.25, 0.3) is 33.4 Å². The molecule has 1 aliphatic carbocycles. The zero-order chi connectivity index (χ0) is 34.0. The lowest BCUT2D eigenvalue weighted by atomic mass is 9.90. The normalized spacial score (nSPS) is 12.7. The minimum atomic E-state index is -5.00. The van der Waals surface area contributed by atoms with Gasteiger partial charge in [-0.15, -0.1) is 0 Å². The third-order valence-electron chi connectivity index (χ3n) is 7.49. The summed E-state index contributed by atoms with van der Waals surface area (Å²) in [6.07, 6.45) is 0.756. The number of ketones is 1. The van der Waals surface area contributed by atoms with Crippen LogP contribution in [0.3, 0.4) is 0 Å². The lowest BCUT2D eigenvalue weighted by Gasteiger charge is -2.23. The second kappa shape index (κ2) is 13.7. The van der Waals surface area contributed by atoms with E-state index in [2.05, 4.69) is 10.3 Å². The van der Waals surface area contributed by atoms with Crippen molar-refractivity contribution in [1.29, 1.82) is 0 Å². The second-order valence-corrected chi connectivity index (χ2v) is 13.8. The predicted molar refractivity (Wildman–Crippen MR) is 174 cm³/mol. The Balaban J connectivity index is 2.11. The highest BCUT2D eigenvalue weighted by Gasteiger charge is 2.32.